The molecule has 0 aromatic carbocycles. The minimum Gasteiger partial charge on any atom is -0.468 e. The second kappa shape index (κ2) is 5.80. The molecule has 2 fully saturated rings. The molecule has 3 atom stereocenters. The molecular weight excluding hydrogens is 222 g/mol. The zero-order chi connectivity index (χ0) is 12.3. The van der Waals surface area contributed by atoms with E-state index in [2.05, 4.69) is 4.90 Å². The molecule has 17 heavy (non-hydrogen) atoms. The second-order valence-corrected chi connectivity index (χ2v) is 4.69. The third-order valence-corrected chi connectivity index (χ3v) is 3.75. The standard InChI is InChI=1S/C12H21NO4/c1-15-8-17-11-7-10(12(14)16-2)13-6-4-3-5-9(11)13/h9-11H,3-8H2,1-2H3/t9-,10-,11+/m0/s1. The molecule has 0 spiro atoms. The van der Waals surface area contributed by atoms with Crippen molar-refractivity contribution in [1.29, 1.82) is 0 Å². The molecule has 0 bridgehead atoms. The van der Waals surface area contributed by atoms with Crippen molar-refractivity contribution in [3.63, 3.8) is 0 Å². The van der Waals surface area contributed by atoms with Gasteiger partial charge in [0.15, 0.2) is 0 Å². The molecule has 0 amide bonds. The summed E-state index contributed by atoms with van der Waals surface area (Å²) < 4.78 is 15.5. The quantitative estimate of drug-likeness (QED) is 0.539. The molecule has 2 rings (SSSR count). The number of fused-ring (bicyclic) bond motifs is 1. The molecule has 2 aliphatic rings. The van der Waals surface area contributed by atoms with Gasteiger partial charge in [0.25, 0.3) is 0 Å². The Labute approximate surface area is 102 Å². The molecule has 98 valence electrons. The molecule has 2 heterocycles. The molecule has 2 saturated heterocycles. The van der Waals surface area contributed by atoms with Crippen molar-refractivity contribution in [3.8, 4) is 0 Å². The maximum absolute atomic E-state index is 11.7. The molecule has 0 unspecified atom stereocenters. The van der Waals surface area contributed by atoms with E-state index in [9.17, 15) is 4.79 Å². The van der Waals surface area contributed by atoms with Gasteiger partial charge in [-0.15, -0.1) is 0 Å². The SMILES string of the molecule is COCO[C@@H]1C[C@@H](C(=O)OC)N2CCCC[C@@H]12. The van der Waals surface area contributed by atoms with Crippen LogP contribution in [0.15, 0.2) is 0 Å². The van der Waals surface area contributed by atoms with E-state index < -0.39 is 0 Å². The highest BCUT2D eigenvalue weighted by atomic mass is 16.7. The highest BCUT2D eigenvalue weighted by Gasteiger charge is 2.46. The van der Waals surface area contributed by atoms with Crippen molar-refractivity contribution in [1.82, 2.24) is 4.90 Å². The summed E-state index contributed by atoms with van der Waals surface area (Å²) in [5.74, 6) is -0.139. The minimum atomic E-state index is -0.139. The van der Waals surface area contributed by atoms with E-state index in [1.165, 1.54) is 13.5 Å². The van der Waals surface area contributed by atoms with E-state index in [-0.39, 0.29) is 18.1 Å². The van der Waals surface area contributed by atoms with Crippen LogP contribution in [0.3, 0.4) is 0 Å². The Kier molecular flexibility index (Phi) is 4.36. The van der Waals surface area contributed by atoms with Gasteiger partial charge in [0, 0.05) is 19.6 Å². The second-order valence-electron chi connectivity index (χ2n) is 4.69. The largest absolute Gasteiger partial charge is 0.468 e. The van der Waals surface area contributed by atoms with Crippen molar-refractivity contribution in [2.24, 2.45) is 0 Å². The normalized spacial score (nSPS) is 33.4. The van der Waals surface area contributed by atoms with Crippen LogP contribution in [0.2, 0.25) is 0 Å². The lowest BCUT2D eigenvalue weighted by Gasteiger charge is -2.34. The molecule has 2 aliphatic heterocycles. The third kappa shape index (κ3) is 2.61. The van der Waals surface area contributed by atoms with Crippen LogP contribution in [0.1, 0.15) is 25.7 Å². The molecule has 0 N–H and O–H groups in total. The van der Waals surface area contributed by atoms with Crippen LogP contribution < -0.4 is 0 Å². The lowest BCUT2D eigenvalue weighted by Crippen LogP contribution is -2.45. The number of hydrogen-bond acceptors (Lipinski definition) is 5. The number of rotatable bonds is 4. The van der Waals surface area contributed by atoms with Crippen LogP contribution in [0, 0.1) is 0 Å². The monoisotopic (exact) mass is 243 g/mol. The third-order valence-electron chi connectivity index (χ3n) is 3.75. The molecule has 0 saturated carbocycles. The maximum atomic E-state index is 11.7. The Morgan fingerprint density at radius 2 is 2.18 bits per heavy atom. The molecule has 0 aliphatic carbocycles. The summed E-state index contributed by atoms with van der Waals surface area (Å²) in [6.07, 6.45) is 4.28. The van der Waals surface area contributed by atoms with Gasteiger partial charge >= 0.3 is 5.97 Å². The number of carbonyl (C=O) groups is 1. The van der Waals surface area contributed by atoms with E-state index in [4.69, 9.17) is 14.2 Å². The fraction of sp³-hybridized carbons (Fsp3) is 0.917. The van der Waals surface area contributed by atoms with Crippen molar-refractivity contribution in [3.05, 3.63) is 0 Å². The van der Waals surface area contributed by atoms with Gasteiger partial charge in [-0.25, -0.2) is 0 Å². The minimum absolute atomic E-state index is 0.0966. The maximum Gasteiger partial charge on any atom is 0.323 e. The van der Waals surface area contributed by atoms with Gasteiger partial charge in [-0.2, -0.15) is 0 Å². The molecular formula is C12H21NO4. The fourth-order valence-electron chi connectivity index (χ4n) is 2.98. The van der Waals surface area contributed by atoms with Gasteiger partial charge in [-0.1, -0.05) is 6.42 Å². The Hall–Kier alpha value is -0.650. The lowest BCUT2D eigenvalue weighted by molar-refractivity contribution is -0.146. The average Bonchev–Trinajstić information content (AvgIpc) is 2.74. The van der Waals surface area contributed by atoms with Gasteiger partial charge in [0.2, 0.25) is 0 Å². The van der Waals surface area contributed by atoms with Crippen LogP contribution >= 0.6 is 0 Å². The molecule has 5 heteroatoms. The predicted octanol–water partition coefficient (Wildman–Crippen LogP) is 0.775. The zero-order valence-corrected chi connectivity index (χ0v) is 10.6. The summed E-state index contributed by atoms with van der Waals surface area (Å²) in [4.78, 5) is 14.0. The summed E-state index contributed by atoms with van der Waals surface area (Å²) >= 11 is 0. The summed E-state index contributed by atoms with van der Waals surface area (Å²) in [7, 11) is 3.07. The van der Waals surface area contributed by atoms with Crippen LogP contribution in [0.4, 0.5) is 0 Å². The molecule has 5 nitrogen and oxygen atoms in total. The number of ether oxygens (including phenoxy) is 3. The van der Waals surface area contributed by atoms with Gasteiger partial charge in [0.05, 0.1) is 13.2 Å². The number of piperidine rings is 1. The van der Waals surface area contributed by atoms with Gasteiger partial charge in [-0.05, 0) is 19.4 Å². The van der Waals surface area contributed by atoms with Crippen LogP contribution in [0.25, 0.3) is 0 Å². The molecule has 0 aromatic rings. The smallest absolute Gasteiger partial charge is 0.323 e. The summed E-state index contributed by atoms with van der Waals surface area (Å²) in [6.45, 7) is 1.26. The fourth-order valence-corrected chi connectivity index (χ4v) is 2.98. The Morgan fingerprint density at radius 3 is 2.88 bits per heavy atom. The van der Waals surface area contributed by atoms with E-state index in [1.807, 2.05) is 0 Å². The first-order valence-corrected chi connectivity index (χ1v) is 6.22. The number of esters is 1. The van der Waals surface area contributed by atoms with Crippen molar-refractivity contribution >= 4 is 5.97 Å². The molecule has 0 aromatic heterocycles. The summed E-state index contributed by atoms with van der Waals surface area (Å²) in [5, 5.41) is 0. The van der Waals surface area contributed by atoms with Gasteiger partial charge in [0.1, 0.15) is 12.8 Å². The van der Waals surface area contributed by atoms with Crippen LogP contribution in [0.5, 0.6) is 0 Å². The Balaban J connectivity index is 2.03. The first-order chi connectivity index (χ1) is 8.27. The van der Waals surface area contributed by atoms with E-state index in [1.54, 1.807) is 7.11 Å². The first-order valence-electron chi connectivity index (χ1n) is 6.22. The van der Waals surface area contributed by atoms with Gasteiger partial charge < -0.3 is 14.2 Å². The molecule has 0 radical (unpaired) electrons. The van der Waals surface area contributed by atoms with Crippen molar-refractivity contribution in [2.45, 2.75) is 43.9 Å². The summed E-state index contributed by atoms with van der Waals surface area (Å²) in [6, 6.07) is 0.218. The number of methoxy groups -OCH3 is 2. The summed E-state index contributed by atoms with van der Waals surface area (Å²) in [5.41, 5.74) is 0. The van der Waals surface area contributed by atoms with E-state index >= 15 is 0 Å². The predicted molar refractivity (Wildman–Crippen MR) is 61.5 cm³/mol. The zero-order valence-electron chi connectivity index (χ0n) is 10.6. The number of carbonyl (C=O) groups excluding carboxylic acids is 1. The number of nitrogens with zero attached hydrogens (tertiary/aromatic N) is 1. The van der Waals surface area contributed by atoms with E-state index in [0.717, 1.165) is 25.8 Å². The Bertz CT molecular complexity index is 271. The van der Waals surface area contributed by atoms with Gasteiger partial charge in [-0.3, -0.25) is 9.69 Å². The van der Waals surface area contributed by atoms with Crippen molar-refractivity contribution in [2.75, 3.05) is 27.6 Å². The lowest BCUT2D eigenvalue weighted by atomic mass is 10.0. The topological polar surface area (TPSA) is 48.0 Å². The highest BCUT2D eigenvalue weighted by molar-refractivity contribution is 5.76. The highest BCUT2D eigenvalue weighted by Crippen LogP contribution is 2.34. The van der Waals surface area contributed by atoms with Crippen LogP contribution in [-0.2, 0) is 19.0 Å². The van der Waals surface area contributed by atoms with E-state index in [0.29, 0.717) is 12.8 Å². The first kappa shape index (κ1) is 12.8. The van der Waals surface area contributed by atoms with Crippen molar-refractivity contribution < 1.29 is 19.0 Å². The average molecular weight is 243 g/mol. The number of hydrogen-bond donors (Lipinski definition) is 0. The van der Waals surface area contributed by atoms with Crippen LogP contribution in [-0.4, -0.2) is 56.6 Å². The Morgan fingerprint density at radius 1 is 1.35 bits per heavy atom.